The predicted octanol–water partition coefficient (Wildman–Crippen LogP) is 5.07. The monoisotopic (exact) mass is 400 g/mol. The molecule has 0 saturated heterocycles. The highest BCUT2D eigenvalue weighted by Gasteiger charge is 2.49. The number of aliphatic hydroxyl groups is 1. The van der Waals surface area contributed by atoms with Gasteiger partial charge in [-0.3, -0.25) is 4.79 Å². The summed E-state index contributed by atoms with van der Waals surface area (Å²) in [7, 11) is 0. The van der Waals surface area contributed by atoms with E-state index in [0.717, 1.165) is 24.7 Å². The van der Waals surface area contributed by atoms with Crippen LogP contribution in [0.1, 0.15) is 79.1 Å². The lowest BCUT2D eigenvalue weighted by Gasteiger charge is -2.55. The van der Waals surface area contributed by atoms with Gasteiger partial charge in [0.15, 0.2) is 0 Å². The fourth-order valence-corrected chi connectivity index (χ4v) is 6.27. The third-order valence-electron chi connectivity index (χ3n) is 7.81. The Bertz CT molecular complexity index is 755. The fraction of sp³-hybridized carbons (Fsp3) is 0.680. The van der Waals surface area contributed by atoms with Crippen molar-refractivity contribution in [3.05, 3.63) is 34.4 Å². The number of carbonyl (C=O) groups is 2. The molecule has 0 radical (unpaired) electrons. The average molecular weight is 401 g/mol. The SMILES string of the molecule is CC1=C(CCC(C=O)=CCC2OC(=O)C=C2CO)C2(C)CCCC(C)(C)C2CC1. The molecule has 3 aliphatic rings. The molecule has 3 rings (SSSR count). The number of rotatable bonds is 7. The molecule has 1 saturated carbocycles. The van der Waals surface area contributed by atoms with Gasteiger partial charge in [-0.1, -0.05) is 44.4 Å². The molecule has 0 aromatic carbocycles. The Labute approximate surface area is 175 Å². The lowest BCUT2D eigenvalue weighted by atomic mass is 9.50. The highest BCUT2D eigenvalue weighted by atomic mass is 16.5. The number of allylic oxidation sites excluding steroid dienone is 3. The van der Waals surface area contributed by atoms with E-state index in [-0.39, 0.29) is 12.0 Å². The summed E-state index contributed by atoms with van der Waals surface area (Å²) in [5, 5.41) is 9.36. The Hall–Kier alpha value is -1.68. The average Bonchev–Trinajstić information content (AvgIpc) is 3.02. The van der Waals surface area contributed by atoms with E-state index < -0.39 is 12.1 Å². The number of aliphatic hydroxyl groups excluding tert-OH is 1. The predicted molar refractivity (Wildman–Crippen MR) is 114 cm³/mol. The first-order chi connectivity index (χ1) is 13.7. The number of esters is 1. The summed E-state index contributed by atoms with van der Waals surface area (Å²) in [6.45, 7) is 9.40. The Morgan fingerprint density at radius 3 is 2.76 bits per heavy atom. The Kier molecular flexibility index (Phi) is 6.52. The minimum atomic E-state index is -0.445. The maximum Gasteiger partial charge on any atom is 0.331 e. The second-order valence-electron chi connectivity index (χ2n) is 10.0. The third kappa shape index (κ3) is 4.42. The molecule has 1 heterocycles. The van der Waals surface area contributed by atoms with Crippen LogP contribution in [0.3, 0.4) is 0 Å². The molecule has 1 N–H and O–H groups in total. The van der Waals surface area contributed by atoms with Gasteiger partial charge in [0.05, 0.1) is 6.61 Å². The molecule has 0 bridgehead atoms. The second kappa shape index (κ2) is 8.59. The van der Waals surface area contributed by atoms with Crippen LogP contribution in [-0.2, 0) is 14.3 Å². The van der Waals surface area contributed by atoms with Crippen molar-refractivity contribution in [2.75, 3.05) is 6.61 Å². The largest absolute Gasteiger partial charge is 0.454 e. The molecule has 1 fully saturated rings. The van der Waals surface area contributed by atoms with Crippen LogP contribution in [0, 0.1) is 16.7 Å². The van der Waals surface area contributed by atoms with Crippen LogP contribution < -0.4 is 0 Å². The van der Waals surface area contributed by atoms with Crippen molar-refractivity contribution >= 4 is 12.3 Å². The number of cyclic esters (lactones) is 1. The topological polar surface area (TPSA) is 63.6 Å². The number of hydrogen-bond acceptors (Lipinski definition) is 4. The molecule has 4 nitrogen and oxygen atoms in total. The smallest absolute Gasteiger partial charge is 0.331 e. The zero-order valence-electron chi connectivity index (χ0n) is 18.4. The lowest BCUT2D eigenvalue weighted by Crippen LogP contribution is -2.45. The van der Waals surface area contributed by atoms with Crippen molar-refractivity contribution in [1.29, 1.82) is 0 Å². The van der Waals surface area contributed by atoms with Crippen molar-refractivity contribution in [3.8, 4) is 0 Å². The van der Waals surface area contributed by atoms with Gasteiger partial charge < -0.3 is 9.84 Å². The van der Waals surface area contributed by atoms with Gasteiger partial charge in [-0.15, -0.1) is 0 Å². The van der Waals surface area contributed by atoms with Crippen LogP contribution in [0.25, 0.3) is 0 Å². The zero-order chi connectivity index (χ0) is 21.2. The maximum absolute atomic E-state index is 11.7. The van der Waals surface area contributed by atoms with Gasteiger partial charge in [-0.2, -0.15) is 0 Å². The van der Waals surface area contributed by atoms with Gasteiger partial charge in [-0.25, -0.2) is 4.79 Å². The summed E-state index contributed by atoms with van der Waals surface area (Å²) in [4.78, 5) is 23.1. The molecular formula is C25H36O4. The summed E-state index contributed by atoms with van der Waals surface area (Å²) in [5.74, 6) is 0.295. The zero-order valence-corrected chi connectivity index (χ0v) is 18.4. The quantitative estimate of drug-likeness (QED) is 0.280. The van der Waals surface area contributed by atoms with Gasteiger partial charge in [0.2, 0.25) is 0 Å². The van der Waals surface area contributed by atoms with Crippen molar-refractivity contribution in [2.24, 2.45) is 16.7 Å². The van der Waals surface area contributed by atoms with E-state index in [9.17, 15) is 14.7 Å². The van der Waals surface area contributed by atoms with E-state index in [1.807, 2.05) is 6.08 Å². The van der Waals surface area contributed by atoms with E-state index in [1.54, 1.807) is 5.57 Å². The summed E-state index contributed by atoms with van der Waals surface area (Å²) in [6, 6.07) is 0. The van der Waals surface area contributed by atoms with Crippen LogP contribution in [0.2, 0.25) is 0 Å². The highest BCUT2D eigenvalue weighted by Crippen LogP contribution is 2.60. The maximum atomic E-state index is 11.7. The van der Waals surface area contributed by atoms with Crippen LogP contribution in [-0.4, -0.2) is 30.1 Å². The van der Waals surface area contributed by atoms with E-state index in [4.69, 9.17) is 4.74 Å². The number of aldehydes is 1. The number of carbonyl (C=O) groups excluding carboxylic acids is 2. The molecule has 2 aliphatic carbocycles. The highest BCUT2D eigenvalue weighted by molar-refractivity contribution is 5.86. The van der Waals surface area contributed by atoms with Crippen LogP contribution in [0.15, 0.2) is 34.4 Å². The van der Waals surface area contributed by atoms with E-state index in [0.29, 0.717) is 23.3 Å². The molecule has 1 aliphatic heterocycles. The molecule has 29 heavy (non-hydrogen) atoms. The van der Waals surface area contributed by atoms with Crippen molar-refractivity contribution in [1.82, 2.24) is 0 Å². The standard InChI is InChI=1S/C25H36O4/c1-17-6-11-22-24(2,3)12-5-13-25(22,4)20(17)9-7-18(15-26)8-10-21-19(16-27)14-23(28)29-21/h8,14-15,21-22,27H,5-7,9-13,16H2,1-4H3. The third-order valence-corrected chi connectivity index (χ3v) is 7.81. The first-order valence-corrected chi connectivity index (χ1v) is 11.1. The molecule has 0 spiro atoms. The second-order valence-corrected chi connectivity index (χ2v) is 10.0. The van der Waals surface area contributed by atoms with Crippen molar-refractivity contribution in [3.63, 3.8) is 0 Å². The van der Waals surface area contributed by atoms with Gasteiger partial charge in [0, 0.05) is 18.1 Å². The van der Waals surface area contributed by atoms with Crippen LogP contribution in [0.4, 0.5) is 0 Å². The first-order valence-electron chi connectivity index (χ1n) is 11.1. The molecule has 4 heteroatoms. The number of fused-ring (bicyclic) bond motifs is 1. The summed E-state index contributed by atoms with van der Waals surface area (Å²) in [6.07, 6.45) is 12.1. The molecule has 0 aromatic rings. The normalized spacial score (nSPS) is 32.0. The fourth-order valence-electron chi connectivity index (χ4n) is 6.27. The number of ether oxygens (including phenoxy) is 1. The molecule has 3 atom stereocenters. The molecular weight excluding hydrogens is 364 g/mol. The van der Waals surface area contributed by atoms with Crippen molar-refractivity contribution in [2.45, 2.75) is 85.2 Å². The number of hydrogen-bond donors (Lipinski definition) is 1. The van der Waals surface area contributed by atoms with Gasteiger partial charge >= 0.3 is 5.97 Å². The minimum absolute atomic E-state index is 0.192. The van der Waals surface area contributed by atoms with Crippen LogP contribution >= 0.6 is 0 Å². The van der Waals surface area contributed by atoms with Crippen molar-refractivity contribution < 1.29 is 19.4 Å². The van der Waals surface area contributed by atoms with Crippen LogP contribution in [0.5, 0.6) is 0 Å². The first kappa shape index (κ1) is 22.0. The minimum Gasteiger partial charge on any atom is -0.454 e. The summed E-state index contributed by atoms with van der Waals surface area (Å²) < 4.78 is 5.22. The van der Waals surface area contributed by atoms with E-state index in [2.05, 4.69) is 27.7 Å². The van der Waals surface area contributed by atoms with E-state index >= 15 is 0 Å². The Balaban J connectivity index is 1.70. The molecule has 3 unspecified atom stereocenters. The van der Waals surface area contributed by atoms with Gasteiger partial charge in [0.25, 0.3) is 0 Å². The Morgan fingerprint density at radius 1 is 1.31 bits per heavy atom. The molecule has 160 valence electrons. The van der Waals surface area contributed by atoms with Gasteiger partial charge in [-0.05, 0) is 67.8 Å². The summed E-state index contributed by atoms with van der Waals surface area (Å²) >= 11 is 0. The lowest BCUT2D eigenvalue weighted by molar-refractivity contribution is -0.138. The molecule has 0 amide bonds. The summed E-state index contributed by atoms with van der Waals surface area (Å²) in [5.41, 5.74) is 5.04. The Morgan fingerprint density at radius 2 is 2.07 bits per heavy atom. The van der Waals surface area contributed by atoms with E-state index in [1.165, 1.54) is 43.8 Å². The van der Waals surface area contributed by atoms with Gasteiger partial charge in [0.1, 0.15) is 12.4 Å². The molecule has 0 aromatic heterocycles.